The number of benzene rings is 2. The average molecular weight is 350 g/mol. The Labute approximate surface area is 148 Å². The van der Waals surface area contributed by atoms with E-state index in [1.807, 2.05) is 23.7 Å². The molecule has 2 heterocycles. The number of methoxy groups -OCH3 is 1. The highest BCUT2D eigenvalue weighted by Crippen LogP contribution is 2.36. The van der Waals surface area contributed by atoms with Gasteiger partial charge in [-0.2, -0.15) is 0 Å². The van der Waals surface area contributed by atoms with Crippen LogP contribution in [-0.4, -0.2) is 17.1 Å². The van der Waals surface area contributed by atoms with Crippen molar-refractivity contribution in [2.24, 2.45) is 0 Å². The summed E-state index contributed by atoms with van der Waals surface area (Å²) in [6.07, 6.45) is 4.34. The summed E-state index contributed by atoms with van der Waals surface area (Å²) in [5.41, 5.74) is 3.89. The van der Waals surface area contributed by atoms with Gasteiger partial charge in [0.25, 0.3) is 0 Å². The van der Waals surface area contributed by atoms with E-state index in [0.29, 0.717) is 6.42 Å². The van der Waals surface area contributed by atoms with E-state index in [0.717, 1.165) is 38.4 Å². The Morgan fingerprint density at radius 1 is 1.04 bits per heavy atom. The van der Waals surface area contributed by atoms with Gasteiger partial charge in [0, 0.05) is 23.2 Å². The van der Waals surface area contributed by atoms with E-state index in [2.05, 4.69) is 16.0 Å². The summed E-state index contributed by atoms with van der Waals surface area (Å²) >= 11 is 1.57. The van der Waals surface area contributed by atoms with Crippen molar-refractivity contribution < 1.29 is 9.13 Å². The maximum absolute atomic E-state index is 13.0. The molecule has 0 saturated carbocycles. The molecule has 2 aromatic carbocycles. The topological polar surface area (TPSA) is 35.0 Å². The van der Waals surface area contributed by atoms with Crippen molar-refractivity contribution in [1.29, 1.82) is 0 Å². The van der Waals surface area contributed by atoms with Gasteiger partial charge in [-0.3, -0.25) is 4.98 Å². The highest BCUT2D eigenvalue weighted by atomic mass is 32.1. The number of pyridine rings is 1. The van der Waals surface area contributed by atoms with Crippen molar-refractivity contribution >= 4 is 22.2 Å². The Bertz CT molecular complexity index is 1010. The fraction of sp³-hybridized carbons (Fsp3) is 0.100. The third-order valence-electron chi connectivity index (χ3n) is 4.05. The molecule has 0 unspecified atom stereocenters. The largest absolute Gasteiger partial charge is 0.494 e. The number of rotatable bonds is 4. The maximum Gasteiger partial charge on any atom is 0.155 e. The number of fused-ring (bicyclic) bond motifs is 1. The third-order valence-corrected chi connectivity index (χ3v) is 4.86. The standard InChI is InChI=1S/C20H15FN2OS/c1-24-19-17(20-22-8-9-25-20)7-4-15-11-14(12-23-18(15)19)10-13-2-5-16(21)6-3-13/h2-9,11-12H,10H2,1H3. The van der Waals surface area contributed by atoms with Crippen LogP contribution in [0.4, 0.5) is 4.39 Å². The van der Waals surface area contributed by atoms with Crippen molar-refractivity contribution in [2.75, 3.05) is 7.11 Å². The van der Waals surface area contributed by atoms with Crippen molar-refractivity contribution in [2.45, 2.75) is 6.42 Å². The molecule has 25 heavy (non-hydrogen) atoms. The number of thiazole rings is 1. The summed E-state index contributed by atoms with van der Waals surface area (Å²) in [4.78, 5) is 8.98. The normalized spacial score (nSPS) is 11.0. The SMILES string of the molecule is COc1c(-c2nccs2)ccc2cc(Cc3ccc(F)cc3)cnc12. The van der Waals surface area contributed by atoms with Crippen LogP contribution in [0.2, 0.25) is 0 Å². The zero-order valence-corrected chi connectivity index (χ0v) is 14.4. The van der Waals surface area contributed by atoms with Gasteiger partial charge in [-0.25, -0.2) is 9.37 Å². The molecule has 0 aliphatic rings. The quantitative estimate of drug-likeness (QED) is 0.514. The molecule has 0 fully saturated rings. The lowest BCUT2D eigenvalue weighted by atomic mass is 10.0. The van der Waals surface area contributed by atoms with Gasteiger partial charge in [0.05, 0.1) is 12.7 Å². The van der Waals surface area contributed by atoms with Gasteiger partial charge in [0.2, 0.25) is 0 Å². The first-order valence-electron chi connectivity index (χ1n) is 7.84. The fourth-order valence-electron chi connectivity index (χ4n) is 2.89. The van der Waals surface area contributed by atoms with Gasteiger partial charge in [-0.15, -0.1) is 11.3 Å². The van der Waals surface area contributed by atoms with E-state index in [1.165, 1.54) is 12.1 Å². The summed E-state index contributed by atoms with van der Waals surface area (Å²) in [7, 11) is 1.65. The number of ether oxygens (including phenoxy) is 1. The molecule has 0 atom stereocenters. The molecule has 0 saturated heterocycles. The van der Waals surface area contributed by atoms with E-state index >= 15 is 0 Å². The number of nitrogens with zero attached hydrogens (tertiary/aromatic N) is 2. The molecule has 3 nitrogen and oxygen atoms in total. The van der Waals surface area contributed by atoms with Crippen molar-refractivity contribution in [3.63, 3.8) is 0 Å². The van der Waals surface area contributed by atoms with Gasteiger partial charge in [0.15, 0.2) is 5.75 Å². The molecular weight excluding hydrogens is 335 g/mol. The van der Waals surface area contributed by atoms with Crippen LogP contribution < -0.4 is 4.74 Å². The summed E-state index contributed by atoms with van der Waals surface area (Å²) in [5.74, 6) is 0.514. The molecule has 124 valence electrons. The minimum atomic E-state index is -0.222. The minimum absolute atomic E-state index is 0.222. The minimum Gasteiger partial charge on any atom is -0.494 e. The molecule has 0 N–H and O–H groups in total. The van der Waals surface area contributed by atoms with Crippen LogP contribution in [0.25, 0.3) is 21.5 Å². The maximum atomic E-state index is 13.0. The van der Waals surface area contributed by atoms with E-state index in [9.17, 15) is 4.39 Å². The van der Waals surface area contributed by atoms with Gasteiger partial charge in [-0.1, -0.05) is 18.2 Å². The lowest BCUT2D eigenvalue weighted by molar-refractivity contribution is 0.420. The predicted molar refractivity (Wildman–Crippen MR) is 98.6 cm³/mol. The Morgan fingerprint density at radius 3 is 2.60 bits per heavy atom. The van der Waals surface area contributed by atoms with Crippen LogP contribution in [0.5, 0.6) is 5.75 Å². The highest BCUT2D eigenvalue weighted by molar-refractivity contribution is 7.13. The molecule has 0 amide bonds. The summed E-state index contributed by atoms with van der Waals surface area (Å²) in [6.45, 7) is 0. The molecule has 5 heteroatoms. The zero-order valence-electron chi connectivity index (χ0n) is 13.6. The van der Waals surface area contributed by atoms with Crippen molar-refractivity contribution in [3.05, 3.63) is 77.2 Å². The third kappa shape index (κ3) is 3.10. The van der Waals surface area contributed by atoms with Crippen LogP contribution in [-0.2, 0) is 6.42 Å². The van der Waals surface area contributed by atoms with Crippen molar-refractivity contribution in [3.8, 4) is 16.3 Å². The molecule has 0 aliphatic carbocycles. The second-order valence-electron chi connectivity index (χ2n) is 5.70. The first-order chi connectivity index (χ1) is 12.2. The molecule has 0 spiro atoms. The van der Waals surface area contributed by atoms with Gasteiger partial charge >= 0.3 is 0 Å². The summed E-state index contributed by atoms with van der Waals surface area (Å²) in [5, 5.41) is 3.87. The van der Waals surface area contributed by atoms with E-state index in [-0.39, 0.29) is 5.82 Å². The molecular formula is C20H15FN2OS. The Balaban J connectivity index is 1.74. The molecule has 0 aliphatic heterocycles. The number of halogens is 1. The molecule has 0 radical (unpaired) electrons. The van der Waals surface area contributed by atoms with Crippen LogP contribution in [0, 0.1) is 5.82 Å². The highest BCUT2D eigenvalue weighted by Gasteiger charge is 2.13. The molecule has 0 bridgehead atoms. The lowest BCUT2D eigenvalue weighted by Gasteiger charge is -2.10. The zero-order chi connectivity index (χ0) is 17.2. The fourth-order valence-corrected chi connectivity index (χ4v) is 3.55. The Morgan fingerprint density at radius 2 is 1.88 bits per heavy atom. The van der Waals surface area contributed by atoms with E-state index < -0.39 is 0 Å². The second-order valence-corrected chi connectivity index (χ2v) is 6.60. The van der Waals surface area contributed by atoms with Crippen molar-refractivity contribution in [1.82, 2.24) is 9.97 Å². The average Bonchev–Trinajstić information content (AvgIpc) is 3.17. The summed E-state index contributed by atoms with van der Waals surface area (Å²) in [6, 6.07) is 12.7. The number of aromatic nitrogens is 2. The van der Waals surface area contributed by atoms with Crippen LogP contribution in [0.3, 0.4) is 0 Å². The lowest BCUT2D eigenvalue weighted by Crippen LogP contribution is -1.94. The first-order valence-corrected chi connectivity index (χ1v) is 8.72. The smallest absolute Gasteiger partial charge is 0.155 e. The number of hydrogen-bond acceptors (Lipinski definition) is 4. The second kappa shape index (κ2) is 6.61. The first kappa shape index (κ1) is 15.7. The monoisotopic (exact) mass is 350 g/mol. The van der Waals surface area contributed by atoms with Gasteiger partial charge < -0.3 is 4.74 Å². The molecule has 4 aromatic rings. The summed E-state index contributed by atoms with van der Waals surface area (Å²) < 4.78 is 18.7. The van der Waals surface area contributed by atoms with Crippen LogP contribution in [0.15, 0.2) is 60.2 Å². The predicted octanol–water partition coefficient (Wildman–Crippen LogP) is 5.10. The van der Waals surface area contributed by atoms with Gasteiger partial charge in [-0.05, 0) is 41.8 Å². The molecule has 2 aromatic heterocycles. The van der Waals surface area contributed by atoms with Crippen LogP contribution in [0.1, 0.15) is 11.1 Å². The Kier molecular flexibility index (Phi) is 4.15. The molecule has 4 rings (SSSR count). The van der Waals surface area contributed by atoms with Crippen LogP contribution >= 0.6 is 11.3 Å². The number of hydrogen-bond donors (Lipinski definition) is 0. The van der Waals surface area contributed by atoms with Gasteiger partial charge in [0.1, 0.15) is 16.3 Å². The van der Waals surface area contributed by atoms with E-state index in [4.69, 9.17) is 4.74 Å². The van der Waals surface area contributed by atoms with E-state index in [1.54, 1.807) is 36.8 Å². The Hall–Kier alpha value is -2.79.